The summed E-state index contributed by atoms with van der Waals surface area (Å²) >= 11 is 3.15. The van der Waals surface area contributed by atoms with Gasteiger partial charge in [-0.2, -0.15) is 0 Å². The number of hydrogen-bond acceptors (Lipinski definition) is 3. The first-order chi connectivity index (χ1) is 5.16. The summed E-state index contributed by atoms with van der Waals surface area (Å²) in [6.07, 6.45) is 1.44. The van der Waals surface area contributed by atoms with Gasteiger partial charge >= 0.3 is 18.9 Å². The maximum Gasteiger partial charge on any atom is 1.00 e. The molecule has 12 heavy (non-hydrogen) atoms. The Kier molecular flexibility index (Phi) is 4.61. The van der Waals surface area contributed by atoms with Crippen molar-refractivity contribution >= 4 is 21.9 Å². The van der Waals surface area contributed by atoms with E-state index in [-0.39, 0.29) is 24.7 Å². The number of hydrogen-bond donors (Lipinski definition) is 0. The monoisotopic (exact) mass is 224 g/mol. The molecule has 0 unspecified atom stereocenters. The Morgan fingerprint density at radius 3 is 2.75 bits per heavy atom. The molecule has 1 aromatic heterocycles. The number of carboxylic acid groups (broad SMARTS) is 1. The van der Waals surface area contributed by atoms with Crippen molar-refractivity contribution < 1.29 is 28.8 Å². The molecule has 0 aliphatic rings. The van der Waals surface area contributed by atoms with E-state index in [1.165, 1.54) is 10.8 Å². The van der Waals surface area contributed by atoms with Gasteiger partial charge in [0, 0.05) is 6.54 Å². The molecule has 1 rings (SSSR count). The number of carbonyl (C=O) groups is 1. The van der Waals surface area contributed by atoms with Crippen LogP contribution in [0.2, 0.25) is 0 Å². The van der Waals surface area contributed by atoms with Crippen LogP contribution < -0.4 is 24.0 Å². The average Bonchev–Trinajstić information content (AvgIpc) is 2.30. The SMILES string of the molecule is CCn1c(Br)cnc1C(=O)[O-].[Li+]. The topological polar surface area (TPSA) is 58.0 Å². The first-order valence-corrected chi connectivity index (χ1v) is 3.88. The van der Waals surface area contributed by atoms with Crippen molar-refractivity contribution in [2.75, 3.05) is 0 Å². The Morgan fingerprint density at radius 1 is 1.83 bits per heavy atom. The molecular formula is C6H6BrLiN2O2. The molecule has 60 valence electrons. The minimum Gasteiger partial charge on any atom is -0.542 e. The molecule has 1 heterocycles. The Hall–Kier alpha value is -0.243. The van der Waals surface area contributed by atoms with Gasteiger partial charge in [-0.3, -0.25) is 0 Å². The summed E-state index contributed by atoms with van der Waals surface area (Å²) in [5.74, 6) is -1.29. The van der Waals surface area contributed by atoms with Crippen molar-refractivity contribution in [2.45, 2.75) is 13.5 Å². The second kappa shape index (κ2) is 4.70. The van der Waals surface area contributed by atoms with Gasteiger partial charge in [-0.25, -0.2) is 4.98 Å². The second-order valence-electron chi connectivity index (χ2n) is 1.94. The van der Waals surface area contributed by atoms with Crippen LogP contribution in [0.5, 0.6) is 0 Å². The van der Waals surface area contributed by atoms with E-state index < -0.39 is 5.97 Å². The summed E-state index contributed by atoms with van der Waals surface area (Å²) in [5.41, 5.74) is 0. The van der Waals surface area contributed by atoms with Gasteiger partial charge in [0.25, 0.3) is 0 Å². The van der Waals surface area contributed by atoms with Crippen LogP contribution in [0.1, 0.15) is 17.5 Å². The molecule has 0 aromatic carbocycles. The maximum absolute atomic E-state index is 10.4. The summed E-state index contributed by atoms with van der Waals surface area (Å²) in [6, 6.07) is 0. The fraction of sp³-hybridized carbons (Fsp3) is 0.333. The average molecular weight is 225 g/mol. The zero-order valence-electron chi connectivity index (χ0n) is 6.87. The van der Waals surface area contributed by atoms with Crippen LogP contribution in [0, 0.1) is 0 Å². The third-order valence-electron chi connectivity index (χ3n) is 1.31. The van der Waals surface area contributed by atoms with Gasteiger partial charge in [0.2, 0.25) is 0 Å². The Labute approximate surface area is 90.3 Å². The van der Waals surface area contributed by atoms with Crippen molar-refractivity contribution in [3.8, 4) is 0 Å². The molecular weight excluding hydrogens is 219 g/mol. The van der Waals surface area contributed by atoms with Crippen LogP contribution in [-0.4, -0.2) is 15.5 Å². The molecule has 6 heteroatoms. The summed E-state index contributed by atoms with van der Waals surface area (Å²) in [7, 11) is 0. The number of carboxylic acids is 1. The van der Waals surface area contributed by atoms with Crippen LogP contribution in [0.25, 0.3) is 0 Å². The fourth-order valence-electron chi connectivity index (χ4n) is 0.819. The molecule has 0 aliphatic heterocycles. The Bertz CT molecular complexity index is 287. The second-order valence-corrected chi connectivity index (χ2v) is 2.75. The number of rotatable bonds is 2. The van der Waals surface area contributed by atoms with Crippen LogP contribution in [-0.2, 0) is 6.54 Å². The van der Waals surface area contributed by atoms with Crippen molar-refractivity contribution in [3.63, 3.8) is 0 Å². The molecule has 0 spiro atoms. The van der Waals surface area contributed by atoms with E-state index >= 15 is 0 Å². The third kappa shape index (κ3) is 2.13. The minimum atomic E-state index is -1.25. The first kappa shape index (κ1) is 11.8. The van der Waals surface area contributed by atoms with Gasteiger partial charge in [-0.05, 0) is 22.9 Å². The third-order valence-corrected chi connectivity index (χ3v) is 1.94. The molecule has 0 bridgehead atoms. The van der Waals surface area contributed by atoms with Gasteiger partial charge in [-0.15, -0.1) is 0 Å². The zero-order chi connectivity index (χ0) is 8.43. The minimum absolute atomic E-state index is 0. The van der Waals surface area contributed by atoms with Crippen LogP contribution in [0.15, 0.2) is 10.8 Å². The predicted molar refractivity (Wildman–Crippen MR) is 39.9 cm³/mol. The first-order valence-electron chi connectivity index (χ1n) is 3.09. The number of carbonyl (C=O) groups excluding carboxylic acids is 1. The standard InChI is InChI=1S/C6H7BrN2O2.Li/c1-2-9-4(7)3-8-5(9)6(10)11;/h3H,2H2,1H3,(H,10,11);/q;+1/p-1. The Balaban J connectivity index is 0.00000121. The molecule has 0 N–H and O–H groups in total. The van der Waals surface area contributed by atoms with Gasteiger partial charge in [0.05, 0.1) is 6.20 Å². The molecule has 0 atom stereocenters. The summed E-state index contributed by atoms with van der Waals surface area (Å²) in [4.78, 5) is 14.0. The van der Waals surface area contributed by atoms with Crippen molar-refractivity contribution in [3.05, 3.63) is 16.6 Å². The van der Waals surface area contributed by atoms with Crippen LogP contribution in [0.3, 0.4) is 0 Å². The van der Waals surface area contributed by atoms with E-state index in [1.807, 2.05) is 6.92 Å². The molecule has 0 saturated carbocycles. The largest absolute Gasteiger partial charge is 1.00 e. The Morgan fingerprint density at radius 2 is 2.42 bits per heavy atom. The van der Waals surface area contributed by atoms with E-state index in [9.17, 15) is 9.90 Å². The van der Waals surface area contributed by atoms with Gasteiger partial charge < -0.3 is 14.5 Å². The summed E-state index contributed by atoms with van der Waals surface area (Å²) < 4.78 is 2.16. The molecule has 4 nitrogen and oxygen atoms in total. The quantitative estimate of drug-likeness (QED) is 0.505. The van der Waals surface area contributed by atoms with E-state index in [0.717, 1.165) is 0 Å². The summed E-state index contributed by atoms with van der Waals surface area (Å²) in [5, 5.41) is 10.4. The zero-order valence-corrected chi connectivity index (χ0v) is 8.46. The fourth-order valence-corrected chi connectivity index (χ4v) is 1.34. The number of imidazole rings is 1. The van der Waals surface area contributed by atoms with Gasteiger partial charge in [0.1, 0.15) is 10.6 Å². The normalized spacial score (nSPS) is 9.17. The number of aromatic carboxylic acids is 1. The van der Waals surface area contributed by atoms with Crippen molar-refractivity contribution in [2.24, 2.45) is 0 Å². The van der Waals surface area contributed by atoms with Crippen molar-refractivity contribution in [1.82, 2.24) is 9.55 Å². The number of nitrogens with zero attached hydrogens (tertiary/aromatic N) is 2. The van der Waals surface area contributed by atoms with Crippen LogP contribution >= 0.6 is 15.9 Å². The van der Waals surface area contributed by atoms with Crippen molar-refractivity contribution in [1.29, 1.82) is 0 Å². The van der Waals surface area contributed by atoms with E-state index in [4.69, 9.17) is 0 Å². The van der Waals surface area contributed by atoms with Gasteiger partial charge in [0.15, 0.2) is 5.82 Å². The molecule has 0 aliphatic carbocycles. The molecule has 0 fully saturated rings. The molecule has 0 amide bonds. The van der Waals surface area contributed by atoms with E-state index in [0.29, 0.717) is 11.1 Å². The predicted octanol–water partition coefficient (Wildman–Crippen LogP) is -2.97. The van der Waals surface area contributed by atoms with E-state index in [1.54, 1.807) is 0 Å². The van der Waals surface area contributed by atoms with Gasteiger partial charge in [-0.1, -0.05) is 0 Å². The number of halogens is 1. The summed E-state index contributed by atoms with van der Waals surface area (Å²) in [6.45, 7) is 2.39. The number of aromatic nitrogens is 2. The smallest absolute Gasteiger partial charge is 0.542 e. The molecule has 1 aromatic rings. The molecule has 0 radical (unpaired) electrons. The maximum atomic E-state index is 10.4. The van der Waals surface area contributed by atoms with E-state index in [2.05, 4.69) is 20.9 Å². The molecule has 0 saturated heterocycles. The van der Waals surface area contributed by atoms with Crippen LogP contribution in [0.4, 0.5) is 0 Å².